The zero-order chi connectivity index (χ0) is 20.9. The number of primary amides is 1. The maximum atomic E-state index is 12.3. The minimum Gasteiger partial charge on any atom is -0.508 e. The van der Waals surface area contributed by atoms with E-state index < -0.39 is 5.91 Å². The molecule has 0 fully saturated rings. The minimum atomic E-state index is -0.658. The average molecular weight is 407 g/mol. The van der Waals surface area contributed by atoms with Gasteiger partial charge in [-0.2, -0.15) is 0 Å². The van der Waals surface area contributed by atoms with Gasteiger partial charge in [0.05, 0.1) is 5.69 Å². The molecule has 0 saturated heterocycles. The van der Waals surface area contributed by atoms with Crippen LogP contribution in [-0.4, -0.2) is 25.4 Å². The van der Waals surface area contributed by atoms with Crippen molar-refractivity contribution in [1.82, 2.24) is 14.4 Å². The Labute approximate surface area is 171 Å². The SMILES string of the molecule is Cc1c(O)ccc(C(C)C)c1-c1cn2cc(-c3nccs3)nc2c(C(N)=O)c1N. The summed E-state index contributed by atoms with van der Waals surface area (Å²) in [5.41, 5.74) is 16.7. The summed E-state index contributed by atoms with van der Waals surface area (Å²) in [5.74, 6) is -0.307. The molecular formula is C21H21N5O2S. The first-order valence-corrected chi connectivity index (χ1v) is 10.0. The Morgan fingerprint density at radius 3 is 2.66 bits per heavy atom. The normalized spacial score (nSPS) is 11.4. The molecule has 0 unspecified atom stereocenters. The van der Waals surface area contributed by atoms with E-state index in [0.29, 0.717) is 22.5 Å². The Hall–Kier alpha value is -3.39. The number of phenols is 1. The lowest BCUT2D eigenvalue weighted by Gasteiger charge is -2.19. The van der Waals surface area contributed by atoms with Crippen molar-refractivity contribution in [2.75, 3.05) is 5.73 Å². The third-order valence-electron chi connectivity index (χ3n) is 5.04. The highest BCUT2D eigenvalue weighted by Crippen LogP contribution is 2.41. The van der Waals surface area contributed by atoms with E-state index in [1.165, 1.54) is 11.3 Å². The van der Waals surface area contributed by atoms with Gasteiger partial charge in [-0.3, -0.25) is 4.79 Å². The molecule has 8 heteroatoms. The molecule has 29 heavy (non-hydrogen) atoms. The van der Waals surface area contributed by atoms with Gasteiger partial charge in [0.1, 0.15) is 22.0 Å². The topological polar surface area (TPSA) is 120 Å². The summed E-state index contributed by atoms with van der Waals surface area (Å²) in [6, 6.07) is 3.56. The zero-order valence-corrected chi connectivity index (χ0v) is 17.1. The number of carbonyl (C=O) groups is 1. The van der Waals surface area contributed by atoms with Crippen LogP contribution in [0.3, 0.4) is 0 Å². The summed E-state index contributed by atoms with van der Waals surface area (Å²) in [5, 5.41) is 12.9. The van der Waals surface area contributed by atoms with Crippen LogP contribution in [0.4, 0.5) is 5.69 Å². The van der Waals surface area contributed by atoms with E-state index in [0.717, 1.165) is 16.1 Å². The van der Waals surface area contributed by atoms with Crippen molar-refractivity contribution in [2.24, 2.45) is 5.73 Å². The molecule has 0 radical (unpaired) electrons. The van der Waals surface area contributed by atoms with Crippen LogP contribution in [0.25, 0.3) is 27.5 Å². The highest BCUT2D eigenvalue weighted by Gasteiger charge is 2.23. The molecule has 0 aliphatic carbocycles. The van der Waals surface area contributed by atoms with Crippen molar-refractivity contribution >= 4 is 28.6 Å². The van der Waals surface area contributed by atoms with Gasteiger partial charge >= 0.3 is 0 Å². The van der Waals surface area contributed by atoms with E-state index in [1.807, 2.05) is 24.6 Å². The highest BCUT2D eigenvalue weighted by molar-refractivity contribution is 7.13. The fourth-order valence-electron chi connectivity index (χ4n) is 3.60. The van der Waals surface area contributed by atoms with Crippen molar-refractivity contribution in [3.05, 3.63) is 52.8 Å². The lowest BCUT2D eigenvalue weighted by Crippen LogP contribution is -2.16. The molecule has 0 bridgehead atoms. The Bertz CT molecular complexity index is 1240. The van der Waals surface area contributed by atoms with E-state index in [4.69, 9.17) is 11.5 Å². The summed E-state index contributed by atoms with van der Waals surface area (Å²) in [6.45, 7) is 5.96. The number of nitrogens with zero attached hydrogens (tertiary/aromatic N) is 3. The van der Waals surface area contributed by atoms with Crippen molar-refractivity contribution in [1.29, 1.82) is 0 Å². The predicted molar refractivity (Wildman–Crippen MR) is 115 cm³/mol. The molecule has 4 rings (SSSR count). The highest BCUT2D eigenvalue weighted by atomic mass is 32.1. The summed E-state index contributed by atoms with van der Waals surface area (Å²) in [4.78, 5) is 21.1. The second-order valence-electron chi connectivity index (χ2n) is 7.22. The minimum absolute atomic E-state index is 0.155. The Kier molecular flexibility index (Phi) is 4.50. The first-order chi connectivity index (χ1) is 13.8. The van der Waals surface area contributed by atoms with Gasteiger partial charge in [0.25, 0.3) is 5.91 Å². The van der Waals surface area contributed by atoms with Crippen LogP contribution in [0.2, 0.25) is 0 Å². The van der Waals surface area contributed by atoms with Crippen LogP contribution in [0.15, 0.2) is 36.1 Å². The lowest BCUT2D eigenvalue weighted by molar-refractivity contribution is 0.100. The molecule has 3 aromatic heterocycles. The molecule has 5 N–H and O–H groups in total. The molecule has 0 atom stereocenters. The van der Waals surface area contributed by atoms with Gasteiger partial charge in [-0.15, -0.1) is 11.3 Å². The van der Waals surface area contributed by atoms with Gasteiger partial charge in [0.2, 0.25) is 0 Å². The maximum Gasteiger partial charge on any atom is 0.254 e. The lowest BCUT2D eigenvalue weighted by atomic mass is 9.88. The van der Waals surface area contributed by atoms with Crippen molar-refractivity contribution in [2.45, 2.75) is 26.7 Å². The molecule has 148 valence electrons. The zero-order valence-electron chi connectivity index (χ0n) is 16.3. The van der Waals surface area contributed by atoms with E-state index in [1.54, 1.807) is 22.9 Å². The number of benzene rings is 1. The Morgan fingerprint density at radius 1 is 1.28 bits per heavy atom. The quantitative estimate of drug-likeness (QED) is 0.473. The fourth-order valence-corrected chi connectivity index (χ4v) is 4.19. The van der Waals surface area contributed by atoms with Crippen LogP contribution in [0, 0.1) is 6.92 Å². The van der Waals surface area contributed by atoms with Gasteiger partial charge in [0.15, 0.2) is 5.65 Å². The number of fused-ring (bicyclic) bond motifs is 1. The van der Waals surface area contributed by atoms with E-state index in [2.05, 4.69) is 23.8 Å². The molecule has 1 aromatic carbocycles. The van der Waals surface area contributed by atoms with E-state index in [-0.39, 0.29) is 22.9 Å². The van der Waals surface area contributed by atoms with Crippen molar-refractivity contribution in [3.63, 3.8) is 0 Å². The standard InChI is InChI=1S/C21H21N5O2S/c1-10(2)12-4-5-15(27)11(3)16(12)13-8-26-9-14(21-24-6-7-29-21)25-20(26)17(18(13)22)19(23)28/h4-10,27H,22H2,1-3H3,(H2,23,28). The van der Waals surface area contributed by atoms with E-state index >= 15 is 0 Å². The molecule has 0 aliphatic heterocycles. The number of nitrogens with two attached hydrogens (primary N) is 2. The number of aromatic nitrogens is 3. The van der Waals surface area contributed by atoms with Gasteiger partial charge in [0, 0.05) is 29.5 Å². The summed E-state index contributed by atoms with van der Waals surface area (Å²) < 4.78 is 1.75. The molecule has 1 amide bonds. The molecular weight excluding hydrogens is 386 g/mol. The maximum absolute atomic E-state index is 12.3. The van der Waals surface area contributed by atoms with Crippen LogP contribution in [-0.2, 0) is 0 Å². The number of hydrogen-bond acceptors (Lipinski definition) is 6. The number of phenolic OH excluding ortho intramolecular Hbond substituents is 1. The number of hydrogen-bond donors (Lipinski definition) is 3. The average Bonchev–Trinajstić information content (AvgIpc) is 3.32. The molecule has 0 aliphatic rings. The van der Waals surface area contributed by atoms with Gasteiger partial charge in [-0.05, 0) is 35.6 Å². The van der Waals surface area contributed by atoms with Crippen molar-refractivity contribution < 1.29 is 9.90 Å². The number of nitrogen functional groups attached to an aromatic ring is 1. The van der Waals surface area contributed by atoms with Crippen LogP contribution < -0.4 is 11.5 Å². The number of imidazole rings is 1. The first kappa shape index (κ1) is 18.9. The number of aromatic hydroxyl groups is 1. The number of thiazole rings is 1. The second kappa shape index (κ2) is 6.89. The second-order valence-corrected chi connectivity index (χ2v) is 8.11. The molecule has 7 nitrogen and oxygen atoms in total. The first-order valence-electron chi connectivity index (χ1n) is 9.13. The summed E-state index contributed by atoms with van der Waals surface area (Å²) in [7, 11) is 0. The molecule has 0 spiro atoms. The third kappa shape index (κ3) is 3.01. The van der Waals surface area contributed by atoms with Crippen LogP contribution >= 0.6 is 11.3 Å². The van der Waals surface area contributed by atoms with Gasteiger partial charge < -0.3 is 21.0 Å². The predicted octanol–water partition coefficient (Wildman–Crippen LogP) is 3.94. The fraction of sp³-hybridized carbons (Fsp3) is 0.190. The monoisotopic (exact) mass is 407 g/mol. The number of carbonyl (C=O) groups excluding carboxylic acids is 1. The number of amides is 1. The summed E-state index contributed by atoms with van der Waals surface area (Å²) in [6.07, 6.45) is 5.33. The third-order valence-corrected chi connectivity index (χ3v) is 5.84. The van der Waals surface area contributed by atoms with Gasteiger partial charge in [-0.25, -0.2) is 9.97 Å². The molecule has 3 heterocycles. The van der Waals surface area contributed by atoms with Crippen LogP contribution in [0.1, 0.15) is 41.3 Å². The molecule has 0 saturated carbocycles. The Balaban J connectivity index is 2.09. The summed E-state index contributed by atoms with van der Waals surface area (Å²) >= 11 is 1.45. The van der Waals surface area contributed by atoms with E-state index in [9.17, 15) is 9.90 Å². The van der Waals surface area contributed by atoms with Gasteiger partial charge in [-0.1, -0.05) is 19.9 Å². The number of anilines is 1. The largest absolute Gasteiger partial charge is 0.508 e. The van der Waals surface area contributed by atoms with Crippen molar-refractivity contribution in [3.8, 4) is 27.6 Å². The smallest absolute Gasteiger partial charge is 0.254 e. The number of rotatable bonds is 4. The number of pyridine rings is 1. The Morgan fingerprint density at radius 2 is 2.03 bits per heavy atom. The molecule has 4 aromatic rings. The van der Waals surface area contributed by atoms with Crippen LogP contribution in [0.5, 0.6) is 5.75 Å².